The molecule has 80 valence electrons. The Morgan fingerprint density at radius 2 is 2.29 bits per heavy atom. The molecule has 0 saturated carbocycles. The van der Waals surface area contributed by atoms with Crippen LogP contribution in [0.1, 0.15) is 19.3 Å². The SMILES string of the molecule is CSCCC(=O)N1CCC[C@H]1C(=O)O. The topological polar surface area (TPSA) is 57.6 Å². The van der Waals surface area contributed by atoms with E-state index in [1.54, 1.807) is 11.8 Å². The third-order valence-corrected chi connectivity index (χ3v) is 2.99. The van der Waals surface area contributed by atoms with Crippen LogP contribution < -0.4 is 0 Å². The van der Waals surface area contributed by atoms with Gasteiger partial charge in [0.1, 0.15) is 6.04 Å². The zero-order valence-corrected chi connectivity index (χ0v) is 9.05. The van der Waals surface area contributed by atoms with Crippen LogP contribution in [0, 0.1) is 0 Å². The summed E-state index contributed by atoms with van der Waals surface area (Å²) in [5.41, 5.74) is 0. The molecule has 1 saturated heterocycles. The van der Waals surface area contributed by atoms with Crippen LogP contribution in [-0.2, 0) is 9.59 Å². The fourth-order valence-electron chi connectivity index (χ4n) is 1.65. The van der Waals surface area contributed by atoms with Crippen LogP contribution in [0.15, 0.2) is 0 Å². The number of carboxylic acid groups (broad SMARTS) is 1. The van der Waals surface area contributed by atoms with Crippen molar-refractivity contribution in [1.29, 1.82) is 0 Å². The Hall–Kier alpha value is -0.710. The van der Waals surface area contributed by atoms with Crippen molar-refractivity contribution in [2.75, 3.05) is 18.6 Å². The van der Waals surface area contributed by atoms with Crippen molar-refractivity contribution in [3.8, 4) is 0 Å². The number of likely N-dealkylation sites (tertiary alicyclic amines) is 1. The van der Waals surface area contributed by atoms with Crippen molar-refractivity contribution in [1.82, 2.24) is 4.90 Å². The minimum atomic E-state index is -0.875. The molecule has 5 heteroatoms. The average molecular weight is 217 g/mol. The molecule has 0 aromatic carbocycles. The zero-order chi connectivity index (χ0) is 10.6. The summed E-state index contributed by atoms with van der Waals surface area (Å²) in [6.07, 6.45) is 3.79. The first-order chi connectivity index (χ1) is 6.66. The number of hydrogen-bond acceptors (Lipinski definition) is 3. The van der Waals surface area contributed by atoms with Gasteiger partial charge in [0.05, 0.1) is 0 Å². The van der Waals surface area contributed by atoms with Crippen LogP contribution >= 0.6 is 11.8 Å². The quantitative estimate of drug-likeness (QED) is 0.757. The second kappa shape index (κ2) is 5.24. The zero-order valence-electron chi connectivity index (χ0n) is 8.23. The van der Waals surface area contributed by atoms with Gasteiger partial charge in [0.2, 0.25) is 5.91 Å². The predicted octanol–water partition coefficient (Wildman–Crippen LogP) is 0.815. The van der Waals surface area contributed by atoms with Gasteiger partial charge in [-0.05, 0) is 19.1 Å². The molecule has 14 heavy (non-hydrogen) atoms. The summed E-state index contributed by atoms with van der Waals surface area (Å²) >= 11 is 1.60. The fraction of sp³-hybridized carbons (Fsp3) is 0.778. The molecule has 1 fully saturated rings. The molecule has 1 heterocycles. The minimum absolute atomic E-state index is 0.0238. The predicted molar refractivity (Wildman–Crippen MR) is 55.4 cm³/mol. The highest BCUT2D eigenvalue weighted by Crippen LogP contribution is 2.18. The van der Waals surface area contributed by atoms with E-state index in [4.69, 9.17) is 5.11 Å². The van der Waals surface area contributed by atoms with Crippen molar-refractivity contribution in [3.63, 3.8) is 0 Å². The molecule has 0 radical (unpaired) electrons. The molecule has 4 nitrogen and oxygen atoms in total. The third kappa shape index (κ3) is 2.64. The Labute approximate surface area is 87.7 Å². The Morgan fingerprint density at radius 1 is 1.57 bits per heavy atom. The minimum Gasteiger partial charge on any atom is -0.480 e. The van der Waals surface area contributed by atoms with Gasteiger partial charge in [0.25, 0.3) is 0 Å². The first-order valence-electron chi connectivity index (χ1n) is 4.68. The van der Waals surface area contributed by atoms with Crippen LogP contribution in [0.25, 0.3) is 0 Å². The van der Waals surface area contributed by atoms with E-state index in [2.05, 4.69) is 0 Å². The van der Waals surface area contributed by atoms with E-state index in [9.17, 15) is 9.59 Å². The van der Waals surface area contributed by atoms with Crippen LogP contribution in [0.2, 0.25) is 0 Å². The Morgan fingerprint density at radius 3 is 2.86 bits per heavy atom. The molecule has 1 rings (SSSR count). The monoisotopic (exact) mass is 217 g/mol. The lowest BCUT2D eigenvalue weighted by Crippen LogP contribution is -2.40. The van der Waals surface area contributed by atoms with Gasteiger partial charge in [-0.3, -0.25) is 4.79 Å². The van der Waals surface area contributed by atoms with Crippen molar-refractivity contribution in [3.05, 3.63) is 0 Å². The fourth-order valence-corrected chi connectivity index (χ4v) is 2.03. The lowest BCUT2D eigenvalue weighted by molar-refractivity contribution is -0.148. The summed E-state index contributed by atoms with van der Waals surface area (Å²) in [6, 6.07) is -0.579. The van der Waals surface area contributed by atoms with Gasteiger partial charge in [0.15, 0.2) is 0 Å². The van der Waals surface area contributed by atoms with E-state index in [1.165, 1.54) is 4.90 Å². The number of hydrogen-bond donors (Lipinski definition) is 1. The molecule has 0 spiro atoms. The number of carboxylic acids is 1. The van der Waals surface area contributed by atoms with Crippen LogP contribution in [-0.4, -0.2) is 46.5 Å². The molecular weight excluding hydrogens is 202 g/mol. The highest BCUT2D eigenvalue weighted by Gasteiger charge is 2.33. The smallest absolute Gasteiger partial charge is 0.326 e. The van der Waals surface area contributed by atoms with E-state index >= 15 is 0 Å². The van der Waals surface area contributed by atoms with Crippen molar-refractivity contribution < 1.29 is 14.7 Å². The molecule has 0 aliphatic carbocycles. The summed E-state index contributed by atoms with van der Waals surface area (Å²) < 4.78 is 0. The second-order valence-corrected chi connectivity index (χ2v) is 4.31. The maximum absolute atomic E-state index is 11.6. The second-order valence-electron chi connectivity index (χ2n) is 3.33. The molecule has 1 N–H and O–H groups in total. The van der Waals surface area contributed by atoms with Crippen LogP contribution in [0.3, 0.4) is 0 Å². The normalized spacial score (nSPS) is 21.2. The van der Waals surface area contributed by atoms with Gasteiger partial charge < -0.3 is 10.0 Å². The van der Waals surface area contributed by atoms with Gasteiger partial charge in [-0.25, -0.2) is 4.79 Å². The van der Waals surface area contributed by atoms with Gasteiger partial charge in [0, 0.05) is 18.7 Å². The summed E-state index contributed by atoms with van der Waals surface area (Å²) in [6.45, 7) is 0.601. The van der Waals surface area contributed by atoms with Crippen molar-refractivity contribution >= 4 is 23.6 Å². The number of carbonyl (C=O) groups is 2. The standard InChI is InChI=1S/C9H15NO3S/c1-14-6-4-8(11)10-5-2-3-7(10)9(12)13/h7H,2-6H2,1H3,(H,12,13)/t7-/m0/s1. The summed E-state index contributed by atoms with van der Waals surface area (Å²) in [5, 5.41) is 8.86. The maximum Gasteiger partial charge on any atom is 0.326 e. The highest BCUT2D eigenvalue weighted by molar-refractivity contribution is 7.98. The number of amides is 1. The number of thioether (sulfide) groups is 1. The average Bonchev–Trinajstić information content (AvgIpc) is 2.62. The lowest BCUT2D eigenvalue weighted by atomic mass is 10.2. The summed E-state index contributed by atoms with van der Waals surface area (Å²) in [7, 11) is 0. The molecule has 0 unspecified atom stereocenters. The Balaban J connectivity index is 2.49. The van der Waals surface area contributed by atoms with E-state index in [-0.39, 0.29) is 5.91 Å². The highest BCUT2D eigenvalue weighted by atomic mass is 32.2. The number of aliphatic carboxylic acids is 1. The summed E-state index contributed by atoms with van der Waals surface area (Å²) in [4.78, 5) is 23.9. The molecular formula is C9H15NO3S. The van der Waals surface area contributed by atoms with E-state index in [0.717, 1.165) is 12.2 Å². The molecule has 1 aliphatic heterocycles. The Kier molecular flexibility index (Phi) is 4.25. The lowest BCUT2D eigenvalue weighted by Gasteiger charge is -2.21. The number of nitrogens with zero attached hydrogens (tertiary/aromatic N) is 1. The van der Waals surface area contributed by atoms with Crippen LogP contribution in [0.4, 0.5) is 0 Å². The number of rotatable bonds is 4. The first-order valence-corrected chi connectivity index (χ1v) is 6.07. The molecule has 0 aromatic heterocycles. The van der Waals surface area contributed by atoms with Gasteiger partial charge >= 0.3 is 5.97 Å². The van der Waals surface area contributed by atoms with Gasteiger partial charge in [-0.1, -0.05) is 0 Å². The molecule has 1 amide bonds. The number of carbonyl (C=O) groups excluding carboxylic acids is 1. The maximum atomic E-state index is 11.6. The molecule has 1 atom stereocenters. The molecule has 0 aromatic rings. The molecule has 1 aliphatic rings. The van der Waals surface area contributed by atoms with E-state index in [0.29, 0.717) is 19.4 Å². The van der Waals surface area contributed by atoms with Crippen molar-refractivity contribution in [2.45, 2.75) is 25.3 Å². The van der Waals surface area contributed by atoms with Crippen molar-refractivity contribution in [2.24, 2.45) is 0 Å². The van der Waals surface area contributed by atoms with Gasteiger partial charge in [-0.15, -0.1) is 0 Å². The largest absolute Gasteiger partial charge is 0.480 e. The third-order valence-electron chi connectivity index (χ3n) is 2.38. The van der Waals surface area contributed by atoms with Crippen LogP contribution in [0.5, 0.6) is 0 Å². The van der Waals surface area contributed by atoms with E-state index < -0.39 is 12.0 Å². The Bertz CT molecular complexity index is 232. The van der Waals surface area contributed by atoms with E-state index in [1.807, 2.05) is 6.26 Å². The first kappa shape index (κ1) is 11.4. The molecule has 0 bridgehead atoms. The van der Waals surface area contributed by atoms with Gasteiger partial charge in [-0.2, -0.15) is 11.8 Å². The summed E-state index contributed by atoms with van der Waals surface area (Å²) in [5.74, 6) is -0.133.